The molecule has 0 aromatic heterocycles. The average Bonchev–Trinajstić information content (AvgIpc) is 2.88. The third kappa shape index (κ3) is 8.52. The molecule has 0 heterocycles. The summed E-state index contributed by atoms with van der Waals surface area (Å²) < 4.78 is 28.8. The molecule has 0 aliphatic heterocycles. The van der Waals surface area contributed by atoms with E-state index in [-0.39, 0.29) is 32.2 Å². The van der Waals surface area contributed by atoms with E-state index in [2.05, 4.69) is 5.32 Å². The number of anilines is 1. The number of carbonyl (C=O) groups is 2. The summed E-state index contributed by atoms with van der Waals surface area (Å²) in [5.74, 6) is -1.04. The number of carbonyl (C=O) groups excluding carboxylic acids is 2. The summed E-state index contributed by atoms with van der Waals surface area (Å²) in [7, 11) is -4.24. The minimum atomic E-state index is -4.24. The maximum absolute atomic E-state index is 14.0. The van der Waals surface area contributed by atoms with Crippen LogP contribution in [-0.2, 0) is 26.2 Å². The van der Waals surface area contributed by atoms with Crippen LogP contribution < -0.4 is 9.62 Å². The summed E-state index contributed by atoms with van der Waals surface area (Å²) in [5, 5.41) is 3.83. The van der Waals surface area contributed by atoms with Crippen molar-refractivity contribution >= 4 is 73.9 Å². The second kappa shape index (κ2) is 13.2. The van der Waals surface area contributed by atoms with E-state index < -0.39 is 40.0 Å². The highest BCUT2D eigenvalue weighted by atomic mass is 35.5. The first kappa shape index (κ1) is 33.0. The number of rotatable bonds is 9. The van der Waals surface area contributed by atoms with E-state index in [0.717, 1.165) is 9.87 Å². The Morgan fingerprint density at radius 3 is 1.95 bits per heavy atom. The van der Waals surface area contributed by atoms with E-state index in [1.165, 1.54) is 35.2 Å². The molecule has 41 heavy (non-hydrogen) atoms. The molecule has 0 saturated carbocycles. The molecule has 1 N–H and O–H groups in total. The fraction of sp³-hybridized carbons (Fsp3) is 0.310. The molecular weight excluding hydrogens is 628 g/mol. The molecule has 0 radical (unpaired) electrons. The van der Waals surface area contributed by atoms with Crippen molar-refractivity contribution in [1.29, 1.82) is 0 Å². The zero-order valence-electron chi connectivity index (χ0n) is 23.2. The van der Waals surface area contributed by atoms with E-state index in [1.54, 1.807) is 37.3 Å². The second-order valence-electron chi connectivity index (χ2n) is 10.6. The number of benzene rings is 3. The van der Waals surface area contributed by atoms with Gasteiger partial charge in [0.15, 0.2) is 0 Å². The largest absolute Gasteiger partial charge is 0.350 e. The van der Waals surface area contributed by atoms with Crippen LogP contribution in [0.2, 0.25) is 20.1 Å². The smallest absolute Gasteiger partial charge is 0.264 e. The molecule has 220 valence electrons. The number of sulfonamides is 1. The van der Waals surface area contributed by atoms with Crippen molar-refractivity contribution in [2.24, 2.45) is 0 Å². The van der Waals surface area contributed by atoms with Crippen molar-refractivity contribution in [2.75, 3.05) is 10.8 Å². The van der Waals surface area contributed by atoms with Crippen LogP contribution in [0.5, 0.6) is 0 Å². The molecule has 1 atom stereocenters. The zero-order valence-corrected chi connectivity index (χ0v) is 27.1. The molecule has 0 fully saturated rings. The molecule has 0 spiro atoms. The van der Waals surface area contributed by atoms with Gasteiger partial charge in [-0.25, -0.2) is 8.42 Å². The molecule has 3 aromatic rings. The Morgan fingerprint density at radius 1 is 0.854 bits per heavy atom. The van der Waals surface area contributed by atoms with Crippen LogP contribution in [0.1, 0.15) is 38.8 Å². The van der Waals surface area contributed by atoms with Gasteiger partial charge in [-0.2, -0.15) is 0 Å². The number of aryl methyl sites for hydroxylation is 1. The van der Waals surface area contributed by atoms with E-state index >= 15 is 0 Å². The summed E-state index contributed by atoms with van der Waals surface area (Å²) in [6.07, 6.45) is 0. The van der Waals surface area contributed by atoms with E-state index in [4.69, 9.17) is 46.4 Å². The molecule has 0 aliphatic carbocycles. The van der Waals surface area contributed by atoms with Gasteiger partial charge in [0.05, 0.1) is 30.7 Å². The Morgan fingerprint density at radius 2 is 1.41 bits per heavy atom. The molecule has 3 rings (SSSR count). The van der Waals surface area contributed by atoms with E-state index in [9.17, 15) is 18.0 Å². The fourth-order valence-corrected chi connectivity index (χ4v) is 5.92. The Labute approximate surface area is 261 Å². The summed E-state index contributed by atoms with van der Waals surface area (Å²) >= 11 is 24.6. The molecule has 3 aromatic carbocycles. The van der Waals surface area contributed by atoms with Gasteiger partial charge in [0.2, 0.25) is 11.8 Å². The normalized spacial score (nSPS) is 12.5. The monoisotopic (exact) mass is 657 g/mol. The van der Waals surface area contributed by atoms with E-state index in [0.29, 0.717) is 10.6 Å². The second-order valence-corrected chi connectivity index (χ2v) is 14.1. The number of nitrogens with zero attached hydrogens (tertiary/aromatic N) is 2. The first-order chi connectivity index (χ1) is 19.0. The van der Waals surface area contributed by atoms with Gasteiger partial charge in [-0.3, -0.25) is 13.9 Å². The SMILES string of the molecule is Cc1ccc(S(=O)(=O)N(CC(=O)N(Cc2ccc(Cl)c(Cl)c2)C(C)C(=O)NC(C)(C)C)c2ccc(Cl)c(Cl)c2)cc1. The van der Waals surface area contributed by atoms with Crippen LogP contribution in [0.4, 0.5) is 5.69 Å². The van der Waals surface area contributed by atoms with Crippen LogP contribution in [0, 0.1) is 6.92 Å². The molecule has 0 saturated heterocycles. The molecule has 0 aliphatic rings. The summed E-state index contributed by atoms with van der Waals surface area (Å²) in [6, 6.07) is 14.5. The quantitative estimate of drug-likeness (QED) is 0.265. The first-order valence-corrected chi connectivity index (χ1v) is 15.5. The van der Waals surface area contributed by atoms with Crippen molar-refractivity contribution in [3.05, 3.63) is 91.9 Å². The third-order valence-electron chi connectivity index (χ3n) is 6.08. The standard InChI is InChI=1S/C29H31Cl4N3O4S/c1-18-6-10-22(11-7-18)41(39,40)36(21-9-13-24(31)26(33)15-21)17-27(37)35(19(2)28(38)34-29(3,4)5)16-20-8-12-23(30)25(32)14-20/h6-15,19H,16-17H2,1-5H3,(H,34,38). The number of nitrogens with one attached hydrogen (secondary N) is 1. The number of amides is 2. The Kier molecular flexibility index (Phi) is 10.6. The van der Waals surface area contributed by atoms with Crippen molar-refractivity contribution in [2.45, 2.75) is 57.6 Å². The molecule has 7 nitrogen and oxygen atoms in total. The third-order valence-corrected chi connectivity index (χ3v) is 9.35. The van der Waals surface area contributed by atoms with E-state index in [1.807, 2.05) is 27.7 Å². The highest BCUT2D eigenvalue weighted by molar-refractivity contribution is 7.92. The van der Waals surface area contributed by atoms with Crippen molar-refractivity contribution < 1.29 is 18.0 Å². The number of hydrogen-bond acceptors (Lipinski definition) is 4. The number of hydrogen-bond donors (Lipinski definition) is 1. The maximum atomic E-state index is 14.0. The lowest BCUT2D eigenvalue weighted by Gasteiger charge is -2.33. The molecule has 2 amide bonds. The van der Waals surface area contributed by atoms with Gasteiger partial charge in [0.1, 0.15) is 12.6 Å². The maximum Gasteiger partial charge on any atom is 0.264 e. The van der Waals surface area contributed by atoms with Crippen LogP contribution in [0.3, 0.4) is 0 Å². The van der Waals surface area contributed by atoms with Crippen molar-refractivity contribution in [3.8, 4) is 0 Å². The van der Waals surface area contributed by atoms with Gasteiger partial charge in [-0.15, -0.1) is 0 Å². The van der Waals surface area contributed by atoms with Crippen LogP contribution in [-0.4, -0.2) is 43.3 Å². The Balaban J connectivity index is 2.08. The van der Waals surface area contributed by atoms with Gasteiger partial charge in [-0.1, -0.05) is 70.2 Å². The van der Waals surface area contributed by atoms with Gasteiger partial charge in [0.25, 0.3) is 10.0 Å². The van der Waals surface area contributed by atoms with Crippen LogP contribution in [0.25, 0.3) is 0 Å². The van der Waals surface area contributed by atoms with Gasteiger partial charge in [-0.05, 0) is 82.6 Å². The lowest BCUT2D eigenvalue weighted by Crippen LogP contribution is -2.54. The molecule has 0 bridgehead atoms. The number of halogens is 4. The highest BCUT2D eigenvalue weighted by Gasteiger charge is 2.33. The topological polar surface area (TPSA) is 86.8 Å². The minimum absolute atomic E-state index is 0.0171. The summed E-state index contributed by atoms with van der Waals surface area (Å²) in [4.78, 5) is 28.5. The fourth-order valence-electron chi connectivity index (χ4n) is 3.90. The Hall–Kier alpha value is -2.49. The average molecular weight is 659 g/mol. The van der Waals surface area contributed by atoms with Gasteiger partial charge >= 0.3 is 0 Å². The minimum Gasteiger partial charge on any atom is -0.350 e. The molecular formula is C29H31Cl4N3O4S. The summed E-state index contributed by atoms with van der Waals surface area (Å²) in [5.41, 5.74) is 1.04. The van der Waals surface area contributed by atoms with Gasteiger partial charge in [0, 0.05) is 12.1 Å². The zero-order chi connectivity index (χ0) is 30.7. The van der Waals surface area contributed by atoms with Gasteiger partial charge < -0.3 is 10.2 Å². The summed E-state index contributed by atoms with van der Waals surface area (Å²) in [6.45, 7) is 8.22. The van der Waals surface area contributed by atoms with Crippen LogP contribution in [0.15, 0.2) is 65.6 Å². The highest BCUT2D eigenvalue weighted by Crippen LogP contribution is 2.31. The predicted octanol–water partition coefficient (Wildman–Crippen LogP) is 7.14. The lowest BCUT2D eigenvalue weighted by molar-refractivity contribution is -0.140. The Bertz CT molecular complexity index is 1540. The van der Waals surface area contributed by atoms with Crippen LogP contribution >= 0.6 is 46.4 Å². The van der Waals surface area contributed by atoms with Crippen molar-refractivity contribution in [3.63, 3.8) is 0 Å². The first-order valence-electron chi connectivity index (χ1n) is 12.6. The predicted molar refractivity (Wildman–Crippen MR) is 167 cm³/mol. The molecule has 1 unspecified atom stereocenters. The van der Waals surface area contributed by atoms with Crippen molar-refractivity contribution in [1.82, 2.24) is 10.2 Å². The molecule has 12 heteroatoms. The lowest BCUT2D eigenvalue weighted by atomic mass is 10.1.